The smallest absolute Gasteiger partial charge is 0.147 e. The van der Waals surface area contributed by atoms with Crippen molar-refractivity contribution >= 4 is 0 Å². The van der Waals surface area contributed by atoms with Crippen molar-refractivity contribution in [3.8, 4) is 0 Å². The fourth-order valence-electron chi connectivity index (χ4n) is 4.41. The van der Waals surface area contributed by atoms with Gasteiger partial charge in [-0.2, -0.15) is 5.10 Å². The van der Waals surface area contributed by atoms with Gasteiger partial charge in [0.2, 0.25) is 0 Å². The van der Waals surface area contributed by atoms with Gasteiger partial charge in [-0.25, -0.2) is 9.67 Å². The molecule has 1 aliphatic carbocycles. The van der Waals surface area contributed by atoms with Crippen LogP contribution < -0.4 is 10.6 Å². The van der Waals surface area contributed by atoms with Crippen molar-refractivity contribution in [2.75, 3.05) is 19.8 Å². The Balaban J connectivity index is 1.38. The topological polar surface area (TPSA) is 64.0 Å². The van der Waals surface area contributed by atoms with Gasteiger partial charge in [-0.15, -0.1) is 0 Å². The summed E-state index contributed by atoms with van der Waals surface area (Å²) in [6.07, 6.45) is 6.17. The second-order valence-electron chi connectivity index (χ2n) is 7.00. The van der Waals surface area contributed by atoms with Crippen LogP contribution in [0.25, 0.3) is 0 Å². The standard InChI is InChI=1S/C16H27N5O/c1-11-18-16-6-5-12(9-21(16)20-11)19-14-4-2-3-13(14)15-10-22-8-7-17-15/h12-15,17,19H,2-10H2,1H3. The highest BCUT2D eigenvalue weighted by molar-refractivity contribution is 4.99. The molecule has 0 spiro atoms. The summed E-state index contributed by atoms with van der Waals surface area (Å²) >= 11 is 0. The molecule has 2 aliphatic heterocycles. The molecule has 2 fully saturated rings. The van der Waals surface area contributed by atoms with Crippen LogP contribution in [0.4, 0.5) is 0 Å². The number of morpholine rings is 1. The lowest BCUT2D eigenvalue weighted by molar-refractivity contribution is 0.0511. The van der Waals surface area contributed by atoms with Crippen LogP contribution in [-0.2, 0) is 17.7 Å². The molecule has 1 saturated carbocycles. The van der Waals surface area contributed by atoms with E-state index in [0.29, 0.717) is 24.0 Å². The number of ether oxygens (including phenoxy) is 1. The number of hydrogen-bond donors (Lipinski definition) is 2. The molecule has 0 bridgehead atoms. The van der Waals surface area contributed by atoms with Gasteiger partial charge in [0, 0.05) is 31.1 Å². The number of rotatable bonds is 3. The molecule has 3 aliphatic rings. The predicted octanol–water partition coefficient (Wildman–Crippen LogP) is 0.648. The van der Waals surface area contributed by atoms with E-state index in [2.05, 4.69) is 25.4 Å². The second-order valence-corrected chi connectivity index (χ2v) is 7.00. The van der Waals surface area contributed by atoms with Crippen LogP contribution in [0.1, 0.15) is 37.3 Å². The van der Waals surface area contributed by atoms with E-state index in [1.54, 1.807) is 0 Å². The zero-order chi connectivity index (χ0) is 14.9. The molecule has 22 heavy (non-hydrogen) atoms. The Morgan fingerprint density at radius 3 is 3.14 bits per heavy atom. The van der Waals surface area contributed by atoms with Gasteiger partial charge in [-0.1, -0.05) is 6.42 Å². The van der Waals surface area contributed by atoms with Crippen molar-refractivity contribution in [2.24, 2.45) is 5.92 Å². The molecule has 122 valence electrons. The molecule has 4 unspecified atom stereocenters. The van der Waals surface area contributed by atoms with E-state index in [4.69, 9.17) is 4.74 Å². The first kappa shape index (κ1) is 14.6. The molecule has 2 N–H and O–H groups in total. The lowest BCUT2D eigenvalue weighted by atomic mass is 9.93. The Labute approximate surface area is 132 Å². The van der Waals surface area contributed by atoms with Gasteiger partial charge >= 0.3 is 0 Å². The van der Waals surface area contributed by atoms with Crippen molar-refractivity contribution < 1.29 is 4.74 Å². The third-order valence-electron chi connectivity index (χ3n) is 5.45. The summed E-state index contributed by atoms with van der Waals surface area (Å²) in [5.41, 5.74) is 0. The Hall–Kier alpha value is -0.980. The molecule has 4 rings (SSSR count). The quantitative estimate of drug-likeness (QED) is 0.858. The number of fused-ring (bicyclic) bond motifs is 1. The van der Waals surface area contributed by atoms with Gasteiger partial charge in [0.1, 0.15) is 11.6 Å². The number of aromatic nitrogens is 3. The Kier molecular flexibility index (Phi) is 4.15. The normalized spacial score (nSPS) is 35.5. The molecule has 0 amide bonds. The van der Waals surface area contributed by atoms with Crippen LogP contribution in [0.3, 0.4) is 0 Å². The summed E-state index contributed by atoms with van der Waals surface area (Å²) in [6, 6.07) is 1.68. The van der Waals surface area contributed by atoms with Crippen molar-refractivity contribution in [1.29, 1.82) is 0 Å². The molecule has 6 nitrogen and oxygen atoms in total. The number of aryl methyl sites for hydroxylation is 2. The number of hydrogen-bond acceptors (Lipinski definition) is 5. The summed E-state index contributed by atoms with van der Waals surface area (Å²) < 4.78 is 7.77. The van der Waals surface area contributed by atoms with Crippen LogP contribution in [0, 0.1) is 12.8 Å². The molecule has 0 radical (unpaired) electrons. The van der Waals surface area contributed by atoms with Gasteiger partial charge < -0.3 is 15.4 Å². The maximum Gasteiger partial charge on any atom is 0.147 e. The van der Waals surface area contributed by atoms with Gasteiger partial charge in [-0.05, 0) is 32.1 Å². The fraction of sp³-hybridized carbons (Fsp3) is 0.875. The molecule has 1 saturated heterocycles. The molecule has 6 heteroatoms. The van der Waals surface area contributed by atoms with Gasteiger partial charge in [0.05, 0.1) is 19.8 Å². The summed E-state index contributed by atoms with van der Waals surface area (Å²) in [7, 11) is 0. The third kappa shape index (κ3) is 2.92. The van der Waals surface area contributed by atoms with Crippen LogP contribution in [0.2, 0.25) is 0 Å². The Morgan fingerprint density at radius 2 is 2.27 bits per heavy atom. The molecule has 1 aromatic rings. The Morgan fingerprint density at radius 1 is 1.32 bits per heavy atom. The summed E-state index contributed by atoms with van der Waals surface area (Å²) in [6.45, 7) is 5.68. The molecular weight excluding hydrogens is 278 g/mol. The van der Waals surface area contributed by atoms with E-state index < -0.39 is 0 Å². The largest absolute Gasteiger partial charge is 0.379 e. The summed E-state index contributed by atoms with van der Waals surface area (Å²) in [5.74, 6) is 2.76. The summed E-state index contributed by atoms with van der Waals surface area (Å²) in [4.78, 5) is 4.50. The molecule has 4 atom stereocenters. The van der Waals surface area contributed by atoms with Crippen molar-refractivity contribution in [1.82, 2.24) is 25.4 Å². The highest BCUT2D eigenvalue weighted by Gasteiger charge is 2.36. The SMILES string of the molecule is Cc1nc2n(n1)CC(NC1CCCC1C1COCCN1)CC2. The summed E-state index contributed by atoms with van der Waals surface area (Å²) in [5, 5.41) is 12.1. The first-order valence-electron chi connectivity index (χ1n) is 8.77. The maximum absolute atomic E-state index is 5.67. The zero-order valence-corrected chi connectivity index (χ0v) is 13.4. The minimum absolute atomic E-state index is 0.529. The second kappa shape index (κ2) is 6.26. The van der Waals surface area contributed by atoms with Crippen molar-refractivity contribution in [3.05, 3.63) is 11.6 Å². The van der Waals surface area contributed by atoms with Crippen LogP contribution in [-0.4, -0.2) is 52.6 Å². The van der Waals surface area contributed by atoms with Crippen LogP contribution >= 0.6 is 0 Å². The van der Waals surface area contributed by atoms with E-state index in [0.717, 1.165) is 44.4 Å². The van der Waals surface area contributed by atoms with E-state index in [1.165, 1.54) is 25.7 Å². The van der Waals surface area contributed by atoms with E-state index >= 15 is 0 Å². The van der Waals surface area contributed by atoms with Crippen molar-refractivity contribution in [2.45, 2.75) is 63.7 Å². The van der Waals surface area contributed by atoms with Crippen LogP contribution in [0.5, 0.6) is 0 Å². The van der Waals surface area contributed by atoms with E-state index in [-0.39, 0.29) is 0 Å². The Bertz CT molecular complexity index is 511. The fourth-order valence-corrected chi connectivity index (χ4v) is 4.41. The monoisotopic (exact) mass is 305 g/mol. The minimum atomic E-state index is 0.529. The number of nitrogens with zero attached hydrogens (tertiary/aromatic N) is 3. The minimum Gasteiger partial charge on any atom is -0.379 e. The zero-order valence-electron chi connectivity index (χ0n) is 13.4. The third-order valence-corrected chi connectivity index (χ3v) is 5.45. The van der Waals surface area contributed by atoms with Crippen LogP contribution in [0.15, 0.2) is 0 Å². The van der Waals surface area contributed by atoms with Gasteiger partial charge in [-0.3, -0.25) is 0 Å². The van der Waals surface area contributed by atoms with E-state index in [1.807, 2.05) is 6.92 Å². The lowest BCUT2D eigenvalue weighted by Crippen LogP contribution is -2.53. The first-order valence-corrected chi connectivity index (χ1v) is 8.77. The first-order chi connectivity index (χ1) is 10.8. The van der Waals surface area contributed by atoms with E-state index in [9.17, 15) is 0 Å². The van der Waals surface area contributed by atoms with Gasteiger partial charge in [0.25, 0.3) is 0 Å². The molecule has 1 aromatic heterocycles. The molecular formula is C16H27N5O. The van der Waals surface area contributed by atoms with Crippen molar-refractivity contribution in [3.63, 3.8) is 0 Å². The lowest BCUT2D eigenvalue weighted by Gasteiger charge is -2.35. The average molecular weight is 305 g/mol. The average Bonchev–Trinajstić information content (AvgIpc) is 3.13. The highest BCUT2D eigenvalue weighted by atomic mass is 16.5. The predicted molar refractivity (Wildman–Crippen MR) is 83.7 cm³/mol. The number of nitrogens with one attached hydrogen (secondary N) is 2. The maximum atomic E-state index is 5.67. The molecule has 3 heterocycles. The highest BCUT2D eigenvalue weighted by Crippen LogP contribution is 2.30. The van der Waals surface area contributed by atoms with Gasteiger partial charge in [0.15, 0.2) is 0 Å². The molecule has 0 aromatic carbocycles.